The highest BCUT2D eigenvalue weighted by Gasteiger charge is 2.39. The average molecular weight is 341 g/mol. The van der Waals surface area contributed by atoms with Gasteiger partial charge in [-0.05, 0) is 25.0 Å². The zero-order valence-electron chi connectivity index (χ0n) is 10.7. The molecular weight excluding hydrogens is 326 g/mol. The first-order valence-corrected chi connectivity index (χ1v) is 9.16. The molecular formula is C13H15Cl2FO3S. The number of hydrogen-bond donors (Lipinski definition) is 0. The van der Waals surface area contributed by atoms with E-state index < -0.39 is 20.3 Å². The van der Waals surface area contributed by atoms with E-state index in [-0.39, 0.29) is 23.1 Å². The van der Waals surface area contributed by atoms with E-state index in [9.17, 15) is 12.8 Å². The molecule has 0 bridgehead atoms. The Kier molecular flexibility index (Phi) is 4.82. The second-order valence-electron chi connectivity index (χ2n) is 5.23. The quantitative estimate of drug-likeness (QED) is 0.761. The predicted molar refractivity (Wildman–Crippen MR) is 77.4 cm³/mol. The minimum atomic E-state index is -3.63. The van der Waals surface area contributed by atoms with Crippen LogP contribution in [0.4, 0.5) is 4.39 Å². The summed E-state index contributed by atoms with van der Waals surface area (Å²) in [6.07, 6.45) is 3.23. The van der Waals surface area contributed by atoms with Crippen molar-refractivity contribution in [3.05, 3.63) is 29.0 Å². The molecule has 0 radical (unpaired) electrons. The van der Waals surface area contributed by atoms with Gasteiger partial charge < -0.3 is 4.74 Å². The fourth-order valence-corrected chi connectivity index (χ4v) is 4.68. The monoisotopic (exact) mass is 340 g/mol. The lowest BCUT2D eigenvalue weighted by molar-refractivity contribution is 0.166. The molecule has 112 valence electrons. The van der Waals surface area contributed by atoms with Gasteiger partial charge in [0.2, 0.25) is 9.05 Å². The standard InChI is InChI=1S/C13H15Cl2FO3S/c14-10-4-3-5-11(16)12(10)19-8-13(6-1-2-7-13)9-20(15,17)18/h3-5H,1-2,6-9H2. The van der Waals surface area contributed by atoms with Crippen LogP contribution in [-0.2, 0) is 9.05 Å². The van der Waals surface area contributed by atoms with Crippen LogP contribution >= 0.6 is 22.3 Å². The summed E-state index contributed by atoms with van der Waals surface area (Å²) in [5, 5.41) is 0.173. The van der Waals surface area contributed by atoms with Gasteiger partial charge in [0.05, 0.1) is 17.4 Å². The molecule has 1 aromatic carbocycles. The van der Waals surface area contributed by atoms with Crippen molar-refractivity contribution in [1.82, 2.24) is 0 Å². The van der Waals surface area contributed by atoms with Crippen molar-refractivity contribution in [2.75, 3.05) is 12.4 Å². The fraction of sp³-hybridized carbons (Fsp3) is 0.538. The van der Waals surface area contributed by atoms with E-state index in [0.717, 1.165) is 12.8 Å². The van der Waals surface area contributed by atoms with Crippen LogP contribution in [0.2, 0.25) is 5.02 Å². The summed E-state index contributed by atoms with van der Waals surface area (Å²) in [5.74, 6) is -0.750. The molecule has 1 aliphatic carbocycles. The molecule has 0 saturated heterocycles. The number of halogens is 3. The summed E-state index contributed by atoms with van der Waals surface area (Å²) >= 11 is 5.88. The van der Waals surface area contributed by atoms with Gasteiger partial charge in [0.15, 0.2) is 11.6 Å². The van der Waals surface area contributed by atoms with Gasteiger partial charge in [-0.25, -0.2) is 12.8 Å². The first kappa shape index (κ1) is 15.9. The van der Waals surface area contributed by atoms with Crippen LogP contribution in [0.25, 0.3) is 0 Å². The Morgan fingerprint density at radius 1 is 1.30 bits per heavy atom. The van der Waals surface area contributed by atoms with E-state index in [1.165, 1.54) is 18.2 Å². The molecule has 0 N–H and O–H groups in total. The van der Waals surface area contributed by atoms with E-state index in [1.54, 1.807) is 0 Å². The Morgan fingerprint density at radius 2 is 1.95 bits per heavy atom. The smallest absolute Gasteiger partial charge is 0.233 e. The summed E-state index contributed by atoms with van der Waals surface area (Å²) in [4.78, 5) is 0. The Bertz CT molecular complexity index is 563. The third-order valence-corrected chi connectivity index (χ3v) is 5.17. The van der Waals surface area contributed by atoms with E-state index in [0.29, 0.717) is 12.8 Å². The lowest BCUT2D eigenvalue weighted by Crippen LogP contribution is -2.32. The molecule has 1 aromatic rings. The first-order chi connectivity index (χ1) is 9.31. The summed E-state index contributed by atoms with van der Waals surface area (Å²) in [6, 6.07) is 4.26. The van der Waals surface area contributed by atoms with Gasteiger partial charge in [-0.2, -0.15) is 0 Å². The van der Waals surface area contributed by atoms with Gasteiger partial charge in [-0.15, -0.1) is 0 Å². The minimum absolute atomic E-state index is 0.0348. The van der Waals surface area contributed by atoms with Crippen molar-refractivity contribution in [1.29, 1.82) is 0 Å². The normalized spacial score (nSPS) is 18.1. The lowest BCUT2D eigenvalue weighted by Gasteiger charge is -2.27. The third kappa shape index (κ3) is 3.99. The molecule has 7 heteroatoms. The van der Waals surface area contributed by atoms with Crippen molar-refractivity contribution < 1.29 is 17.5 Å². The van der Waals surface area contributed by atoms with Gasteiger partial charge in [-0.1, -0.05) is 30.5 Å². The second-order valence-corrected chi connectivity index (χ2v) is 8.41. The molecule has 0 spiro atoms. The molecule has 0 heterocycles. The molecule has 1 saturated carbocycles. The van der Waals surface area contributed by atoms with E-state index >= 15 is 0 Å². The van der Waals surface area contributed by atoms with Gasteiger partial charge in [0, 0.05) is 16.1 Å². The summed E-state index contributed by atoms with van der Waals surface area (Å²) in [7, 11) is 1.74. The second kappa shape index (κ2) is 6.08. The molecule has 0 unspecified atom stereocenters. The molecule has 20 heavy (non-hydrogen) atoms. The van der Waals surface area contributed by atoms with Gasteiger partial charge in [-0.3, -0.25) is 0 Å². The highest BCUT2D eigenvalue weighted by Crippen LogP contribution is 2.41. The maximum atomic E-state index is 13.6. The lowest BCUT2D eigenvalue weighted by atomic mass is 9.90. The number of benzene rings is 1. The summed E-state index contributed by atoms with van der Waals surface area (Å²) < 4.78 is 41.8. The van der Waals surface area contributed by atoms with Crippen molar-refractivity contribution >= 4 is 31.3 Å². The van der Waals surface area contributed by atoms with Crippen LogP contribution in [0.3, 0.4) is 0 Å². The molecule has 0 atom stereocenters. The van der Waals surface area contributed by atoms with Gasteiger partial charge in [0.1, 0.15) is 0 Å². The number of para-hydroxylation sites is 1. The topological polar surface area (TPSA) is 43.4 Å². The Hall–Kier alpha value is -0.520. The van der Waals surface area contributed by atoms with Crippen LogP contribution in [-0.4, -0.2) is 20.8 Å². The van der Waals surface area contributed by atoms with Crippen molar-refractivity contribution in [2.45, 2.75) is 25.7 Å². The molecule has 0 amide bonds. The number of ether oxygens (including phenoxy) is 1. The van der Waals surface area contributed by atoms with E-state index in [4.69, 9.17) is 27.0 Å². The van der Waals surface area contributed by atoms with Crippen molar-refractivity contribution in [2.24, 2.45) is 5.41 Å². The highest BCUT2D eigenvalue weighted by molar-refractivity contribution is 8.13. The maximum Gasteiger partial charge on any atom is 0.233 e. The van der Waals surface area contributed by atoms with Gasteiger partial charge >= 0.3 is 0 Å². The first-order valence-electron chi connectivity index (χ1n) is 6.31. The molecule has 0 aromatic heterocycles. The Balaban J connectivity index is 2.14. The van der Waals surface area contributed by atoms with Crippen LogP contribution in [0, 0.1) is 11.2 Å². The summed E-state index contributed by atoms with van der Waals surface area (Å²) in [6.45, 7) is 0.0968. The molecule has 3 nitrogen and oxygen atoms in total. The van der Waals surface area contributed by atoms with Gasteiger partial charge in [0.25, 0.3) is 0 Å². The Labute approximate surface area is 127 Å². The molecule has 1 aliphatic rings. The van der Waals surface area contributed by atoms with Crippen molar-refractivity contribution in [3.8, 4) is 5.75 Å². The van der Waals surface area contributed by atoms with Crippen LogP contribution in [0.15, 0.2) is 18.2 Å². The maximum absolute atomic E-state index is 13.6. The van der Waals surface area contributed by atoms with E-state index in [2.05, 4.69) is 0 Å². The molecule has 2 rings (SSSR count). The molecule has 0 aliphatic heterocycles. The fourth-order valence-electron chi connectivity index (χ4n) is 2.67. The average Bonchev–Trinajstić information content (AvgIpc) is 2.75. The zero-order chi connectivity index (χ0) is 14.8. The van der Waals surface area contributed by atoms with Crippen LogP contribution in [0.5, 0.6) is 5.75 Å². The SMILES string of the molecule is O=S(=O)(Cl)CC1(COc2c(F)cccc2Cl)CCCC1. The van der Waals surface area contributed by atoms with Crippen LogP contribution in [0.1, 0.15) is 25.7 Å². The largest absolute Gasteiger partial charge is 0.488 e. The molecule has 1 fully saturated rings. The minimum Gasteiger partial charge on any atom is -0.488 e. The highest BCUT2D eigenvalue weighted by atomic mass is 35.7. The zero-order valence-corrected chi connectivity index (χ0v) is 13.1. The van der Waals surface area contributed by atoms with E-state index in [1.807, 2.05) is 0 Å². The third-order valence-electron chi connectivity index (χ3n) is 3.58. The van der Waals surface area contributed by atoms with Crippen LogP contribution < -0.4 is 4.74 Å². The number of rotatable bonds is 5. The van der Waals surface area contributed by atoms with Crippen molar-refractivity contribution in [3.63, 3.8) is 0 Å². The predicted octanol–water partition coefficient (Wildman–Crippen LogP) is 3.99. The summed E-state index contributed by atoms with van der Waals surface area (Å²) in [5.41, 5.74) is -0.549. The number of hydrogen-bond acceptors (Lipinski definition) is 3. The Morgan fingerprint density at radius 3 is 2.50 bits per heavy atom.